The Kier molecular flexibility index (Phi) is 7.08. The average Bonchev–Trinajstić information content (AvgIpc) is 3.13. The van der Waals surface area contributed by atoms with Crippen LogP contribution in [0.1, 0.15) is 16.7 Å². The maximum Gasteiger partial charge on any atom is 0.311 e. The van der Waals surface area contributed by atoms with E-state index < -0.39 is 4.92 Å². The van der Waals surface area contributed by atoms with Gasteiger partial charge in [0.05, 0.1) is 22.6 Å². The number of thioether (sulfide) groups is 1. The number of benzene rings is 3. The number of aryl methyl sites for hydroxylation is 1. The van der Waals surface area contributed by atoms with Crippen LogP contribution in [-0.4, -0.2) is 34.6 Å². The molecule has 0 unspecified atom stereocenters. The number of nitro benzene ring substituents is 1. The summed E-state index contributed by atoms with van der Waals surface area (Å²) in [5, 5.41) is 12.0. The van der Waals surface area contributed by atoms with Gasteiger partial charge in [0, 0.05) is 12.6 Å². The number of carbonyl (C=O) groups excluding carboxylic acids is 1. The predicted octanol–water partition coefficient (Wildman–Crippen LogP) is 5.76. The van der Waals surface area contributed by atoms with Crippen molar-refractivity contribution < 1.29 is 14.5 Å². The number of nitrogens with zero attached hydrogens (tertiary/aromatic N) is 3. The molecule has 1 saturated heterocycles. The minimum Gasteiger partial charge on any atom is -0.490 e. The summed E-state index contributed by atoms with van der Waals surface area (Å²) in [5.41, 5.74) is 3.40. The van der Waals surface area contributed by atoms with Gasteiger partial charge in [-0.15, -0.1) is 0 Å². The molecule has 1 heterocycles. The van der Waals surface area contributed by atoms with Gasteiger partial charge in [0.15, 0.2) is 10.9 Å². The summed E-state index contributed by atoms with van der Waals surface area (Å²) in [6.45, 7) is 2.48. The lowest BCUT2D eigenvalue weighted by atomic mass is 10.1. The summed E-state index contributed by atoms with van der Waals surface area (Å²) in [6, 6.07) is 22.4. The van der Waals surface area contributed by atoms with E-state index in [0.717, 1.165) is 16.8 Å². The SMILES string of the molecule is COc1ccc(/C=C2/SC(=Nc3ccc(C)cc3)N(CCc3ccccc3)C2=O)cc1[N+](=O)[O-]. The van der Waals surface area contributed by atoms with Gasteiger partial charge in [-0.3, -0.25) is 19.8 Å². The van der Waals surface area contributed by atoms with Crippen molar-refractivity contribution in [3.8, 4) is 5.75 Å². The number of amides is 1. The highest BCUT2D eigenvalue weighted by molar-refractivity contribution is 8.18. The molecule has 34 heavy (non-hydrogen) atoms. The van der Waals surface area contributed by atoms with Crippen LogP contribution in [0.2, 0.25) is 0 Å². The predicted molar refractivity (Wildman–Crippen MR) is 135 cm³/mol. The molecular weight excluding hydrogens is 450 g/mol. The van der Waals surface area contributed by atoms with Gasteiger partial charge in [0.25, 0.3) is 5.91 Å². The van der Waals surface area contributed by atoms with Crippen molar-refractivity contribution in [1.82, 2.24) is 4.90 Å². The van der Waals surface area contributed by atoms with Gasteiger partial charge in [-0.1, -0.05) is 54.1 Å². The van der Waals surface area contributed by atoms with Crippen LogP contribution < -0.4 is 4.74 Å². The number of hydrogen-bond donors (Lipinski definition) is 0. The van der Waals surface area contributed by atoms with Crippen LogP contribution >= 0.6 is 11.8 Å². The molecule has 0 aliphatic carbocycles. The van der Waals surface area contributed by atoms with Crippen LogP contribution in [0.4, 0.5) is 11.4 Å². The first-order valence-electron chi connectivity index (χ1n) is 10.7. The second-order valence-corrected chi connectivity index (χ2v) is 8.73. The fraction of sp³-hybridized carbons (Fsp3) is 0.154. The van der Waals surface area contributed by atoms with Crippen molar-refractivity contribution in [1.29, 1.82) is 0 Å². The number of ether oxygens (including phenoxy) is 1. The Morgan fingerprint density at radius 3 is 2.50 bits per heavy atom. The summed E-state index contributed by atoms with van der Waals surface area (Å²) in [6.07, 6.45) is 2.34. The van der Waals surface area contributed by atoms with E-state index in [1.807, 2.05) is 61.5 Å². The van der Waals surface area contributed by atoms with Crippen molar-refractivity contribution in [2.45, 2.75) is 13.3 Å². The smallest absolute Gasteiger partial charge is 0.311 e. The fourth-order valence-corrected chi connectivity index (χ4v) is 4.52. The zero-order chi connectivity index (χ0) is 24.1. The lowest BCUT2D eigenvalue weighted by molar-refractivity contribution is -0.385. The van der Waals surface area contributed by atoms with Crippen LogP contribution in [0.3, 0.4) is 0 Å². The molecule has 1 fully saturated rings. The van der Waals surface area contributed by atoms with E-state index in [1.165, 1.54) is 31.0 Å². The largest absolute Gasteiger partial charge is 0.490 e. The van der Waals surface area contributed by atoms with Gasteiger partial charge in [0.2, 0.25) is 0 Å². The van der Waals surface area contributed by atoms with Crippen LogP contribution in [0.25, 0.3) is 6.08 Å². The molecule has 4 rings (SSSR count). The quantitative estimate of drug-likeness (QED) is 0.247. The van der Waals surface area contributed by atoms with E-state index in [0.29, 0.717) is 28.6 Å². The monoisotopic (exact) mass is 473 g/mol. The van der Waals surface area contributed by atoms with Gasteiger partial charge in [-0.2, -0.15) is 0 Å². The van der Waals surface area contributed by atoms with E-state index in [4.69, 9.17) is 9.73 Å². The van der Waals surface area contributed by atoms with Crippen LogP contribution in [0.5, 0.6) is 5.75 Å². The number of nitro groups is 1. The molecule has 0 aromatic heterocycles. The number of methoxy groups -OCH3 is 1. The highest BCUT2D eigenvalue weighted by Crippen LogP contribution is 2.36. The van der Waals surface area contributed by atoms with Crippen LogP contribution in [0, 0.1) is 17.0 Å². The minimum atomic E-state index is -0.499. The molecule has 1 aliphatic heterocycles. The first-order chi connectivity index (χ1) is 16.4. The first-order valence-corrected chi connectivity index (χ1v) is 11.5. The third kappa shape index (κ3) is 5.35. The Labute approximate surface area is 201 Å². The first kappa shape index (κ1) is 23.3. The molecule has 7 nitrogen and oxygen atoms in total. The van der Waals surface area contributed by atoms with Crippen molar-refractivity contribution in [2.75, 3.05) is 13.7 Å². The molecule has 1 aliphatic rings. The van der Waals surface area contributed by atoms with Crippen molar-refractivity contribution in [3.05, 3.63) is 105 Å². The molecule has 0 bridgehead atoms. The molecular formula is C26H23N3O4S. The molecule has 3 aromatic carbocycles. The Morgan fingerprint density at radius 2 is 1.82 bits per heavy atom. The standard InChI is InChI=1S/C26H23N3O4S/c1-18-8-11-21(12-9-18)27-26-28(15-14-19-6-4-3-5-7-19)25(30)24(34-26)17-20-10-13-23(33-2)22(16-20)29(31)32/h3-13,16-17H,14-15H2,1-2H3/b24-17+,27-26?. The van der Waals surface area contributed by atoms with Crippen molar-refractivity contribution in [3.63, 3.8) is 0 Å². The van der Waals surface area contributed by atoms with Crippen LogP contribution in [-0.2, 0) is 11.2 Å². The molecule has 0 atom stereocenters. The Bertz CT molecular complexity index is 1270. The van der Waals surface area contributed by atoms with Gasteiger partial charge < -0.3 is 4.74 Å². The second-order valence-electron chi connectivity index (χ2n) is 7.72. The van der Waals surface area contributed by atoms with Crippen LogP contribution in [0.15, 0.2) is 82.7 Å². The van der Waals surface area contributed by atoms with Gasteiger partial charge in [-0.25, -0.2) is 4.99 Å². The molecule has 8 heteroatoms. The number of carbonyl (C=O) groups is 1. The second kappa shape index (κ2) is 10.4. The third-order valence-electron chi connectivity index (χ3n) is 5.31. The average molecular weight is 474 g/mol. The lowest BCUT2D eigenvalue weighted by Crippen LogP contribution is -2.31. The highest BCUT2D eigenvalue weighted by atomic mass is 32.2. The number of rotatable bonds is 7. The maximum atomic E-state index is 13.3. The lowest BCUT2D eigenvalue weighted by Gasteiger charge is -2.15. The van der Waals surface area contributed by atoms with Gasteiger partial charge in [0.1, 0.15) is 0 Å². The molecule has 0 radical (unpaired) electrons. The molecule has 0 spiro atoms. The summed E-state index contributed by atoms with van der Waals surface area (Å²) in [4.78, 5) is 31.1. The van der Waals surface area contributed by atoms with E-state index in [2.05, 4.69) is 0 Å². The number of hydrogen-bond acceptors (Lipinski definition) is 6. The molecule has 0 saturated carbocycles. The van der Waals surface area contributed by atoms with E-state index in [1.54, 1.807) is 17.0 Å². The summed E-state index contributed by atoms with van der Waals surface area (Å²) in [5.74, 6) is -0.00562. The normalized spacial score (nSPS) is 15.8. The summed E-state index contributed by atoms with van der Waals surface area (Å²) in [7, 11) is 1.38. The summed E-state index contributed by atoms with van der Waals surface area (Å²) >= 11 is 1.27. The van der Waals surface area contributed by atoms with E-state index in [9.17, 15) is 14.9 Å². The Morgan fingerprint density at radius 1 is 1.09 bits per heavy atom. The fourth-order valence-electron chi connectivity index (χ4n) is 3.49. The van der Waals surface area contributed by atoms with Gasteiger partial charge >= 0.3 is 5.69 Å². The Balaban J connectivity index is 1.66. The molecule has 3 aromatic rings. The number of aliphatic imine (C=N–C) groups is 1. The minimum absolute atomic E-state index is 0.151. The highest BCUT2D eigenvalue weighted by Gasteiger charge is 2.33. The van der Waals surface area contributed by atoms with Crippen molar-refractivity contribution >= 4 is 40.3 Å². The summed E-state index contributed by atoms with van der Waals surface area (Å²) < 4.78 is 5.07. The zero-order valence-electron chi connectivity index (χ0n) is 18.8. The maximum absolute atomic E-state index is 13.3. The molecule has 172 valence electrons. The van der Waals surface area contributed by atoms with Gasteiger partial charge in [-0.05, 0) is 60.5 Å². The zero-order valence-corrected chi connectivity index (χ0v) is 19.6. The van der Waals surface area contributed by atoms with Crippen molar-refractivity contribution in [2.24, 2.45) is 4.99 Å². The topological polar surface area (TPSA) is 85.0 Å². The number of amidine groups is 1. The molecule has 0 N–H and O–H groups in total. The molecule has 1 amide bonds. The third-order valence-corrected chi connectivity index (χ3v) is 6.32. The van der Waals surface area contributed by atoms with E-state index in [-0.39, 0.29) is 17.3 Å². The Hall–Kier alpha value is -3.91. The van der Waals surface area contributed by atoms with E-state index >= 15 is 0 Å².